The van der Waals surface area contributed by atoms with Gasteiger partial charge in [-0.1, -0.05) is 23.9 Å². The predicted octanol–water partition coefficient (Wildman–Crippen LogP) is 3.76. The van der Waals surface area contributed by atoms with Crippen LogP contribution in [0.2, 0.25) is 0 Å². The lowest BCUT2D eigenvalue weighted by Gasteiger charge is -2.12. The van der Waals surface area contributed by atoms with Gasteiger partial charge >= 0.3 is 0 Å². The number of hydrogen-bond acceptors (Lipinski definition) is 7. The highest BCUT2D eigenvalue weighted by Gasteiger charge is 2.15. The van der Waals surface area contributed by atoms with E-state index in [0.717, 1.165) is 17.0 Å². The quantitative estimate of drug-likeness (QED) is 0.546. The highest BCUT2D eigenvalue weighted by molar-refractivity contribution is 7.98. The summed E-state index contributed by atoms with van der Waals surface area (Å²) in [5, 5.41) is 12.7. The zero-order chi connectivity index (χ0) is 19.2. The number of aromatic nitrogens is 4. The van der Waals surface area contributed by atoms with Crippen molar-refractivity contribution in [2.75, 3.05) is 14.2 Å². The van der Waals surface area contributed by atoms with Crippen LogP contribution in [0.5, 0.6) is 17.2 Å². The minimum Gasteiger partial charge on any atom is -0.497 e. The maximum atomic E-state index is 5.76. The van der Waals surface area contributed by atoms with Crippen LogP contribution in [0.3, 0.4) is 0 Å². The molecule has 0 aliphatic heterocycles. The van der Waals surface area contributed by atoms with E-state index in [1.165, 1.54) is 11.8 Å². The first-order valence-electron chi connectivity index (χ1n) is 8.50. The van der Waals surface area contributed by atoms with Crippen molar-refractivity contribution in [2.24, 2.45) is 0 Å². The van der Waals surface area contributed by atoms with Crippen LogP contribution in [0.25, 0.3) is 5.69 Å². The molecule has 0 atom stereocenters. The van der Waals surface area contributed by atoms with Crippen molar-refractivity contribution in [1.29, 1.82) is 0 Å². The number of thioether (sulfide) groups is 1. The summed E-state index contributed by atoms with van der Waals surface area (Å²) in [5.41, 5.74) is 1.85. The van der Waals surface area contributed by atoms with Crippen molar-refractivity contribution in [3.63, 3.8) is 0 Å². The fraction of sp³-hybridized carbons (Fsp3) is 0.316. The van der Waals surface area contributed by atoms with Crippen LogP contribution in [-0.2, 0) is 5.75 Å². The van der Waals surface area contributed by atoms with Gasteiger partial charge in [0.05, 0.1) is 20.3 Å². The molecule has 27 heavy (non-hydrogen) atoms. The Balaban J connectivity index is 1.81. The van der Waals surface area contributed by atoms with Crippen LogP contribution >= 0.6 is 11.8 Å². The van der Waals surface area contributed by atoms with Gasteiger partial charge in [-0.25, -0.2) is 0 Å². The van der Waals surface area contributed by atoms with Crippen molar-refractivity contribution in [1.82, 2.24) is 20.2 Å². The Morgan fingerprint density at radius 2 is 1.89 bits per heavy atom. The van der Waals surface area contributed by atoms with Gasteiger partial charge < -0.3 is 14.2 Å². The van der Waals surface area contributed by atoms with Crippen molar-refractivity contribution in [3.05, 3.63) is 48.0 Å². The zero-order valence-electron chi connectivity index (χ0n) is 15.7. The van der Waals surface area contributed by atoms with Crippen LogP contribution in [0.1, 0.15) is 19.4 Å². The number of hydrogen-bond donors (Lipinski definition) is 0. The second kappa shape index (κ2) is 8.77. The second-order valence-corrected chi connectivity index (χ2v) is 6.96. The third kappa shape index (κ3) is 4.71. The third-order valence-electron chi connectivity index (χ3n) is 3.69. The molecule has 0 bridgehead atoms. The molecule has 0 amide bonds. The van der Waals surface area contributed by atoms with E-state index in [0.29, 0.717) is 22.4 Å². The minimum atomic E-state index is 0.140. The first-order valence-corrected chi connectivity index (χ1v) is 9.48. The number of nitrogens with zero attached hydrogens (tertiary/aromatic N) is 4. The van der Waals surface area contributed by atoms with Crippen molar-refractivity contribution >= 4 is 11.8 Å². The molecule has 0 aliphatic carbocycles. The maximum absolute atomic E-state index is 5.76. The Kier molecular flexibility index (Phi) is 6.18. The van der Waals surface area contributed by atoms with E-state index in [4.69, 9.17) is 14.2 Å². The lowest BCUT2D eigenvalue weighted by Crippen LogP contribution is -2.05. The van der Waals surface area contributed by atoms with Crippen LogP contribution in [0, 0.1) is 0 Å². The van der Waals surface area contributed by atoms with Gasteiger partial charge in [-0.3, -0.25) is 0 Å². The molecule has 0 radical (unpaired) electrons. The molecule has 0 N–H and O–H groups in total. The van der Waals surface area contributed by atoms with Crippen LogP contribution in [0.15, 0.2) is 47.6 Å². The molecule has 0 saturated carbocycles. The van der Waals surface area contributed by atoms with Gasteiger partial charge in [0.15, 0.2) is 0 Å². The van der Waals surface area contributed by atoms with E-state index >= 15 is 0 Å². The lowest BCUT2D eigenvalue weighted by atomic mass is 10.2. The van der Waals surface area contributed by atoms with Gasteiger partial charge in [-0.15, -0.1) is 5.10 Å². The maximum Gasteiger partial charge on any atom is 0.214 e. The third-order valence-corrected chi connectivity index (χ3v) is 4.68. The molecule has 0 saturated heterocycles. The summed E-state index contributed by atoms with van der Waals surface area (Å²) in [6.45, 7) is 4.02. The summed E-state index contributed by atoms with van der Waals surface area (Å²) in [7, 11) is 3.23. The first-order chi connectivity index (χ1) is 13.1. The summed E-state index contributed by atoms with van der Waals surface area (Å²) < 4.78 is 18.2. The molecular weight excluding hydrogens is 364 g/mol. The zero-order valence-corrected chi connectivity index (χ0v) is 16.6. The van der Waals surface area contributed by atoms with Gasteiger partial charge in [0.2, 0.25) is 5.16 Å². The molecule has 0 spiro atoms. The summed E-state index contributed by atoms with van der Waals surface area (Å²) in [5.74, 6) is 2.94. The van der Waals surface area contributed by atoms with Gasteiger partial charge in [0, 0.05) is 11.8 Å². The molecule has 3 aromatic rings. The van der Waals surface area contributed by atoms with E-state index in [-0.39, 0.29) is 6.10 Å². The second-order valence-electron chi connectivity index (χ2n) is 6.01. The molecule has 8 heteroatoms. The van der Waals surface area contributed by atoms with Crippen LogP contribution < -0.4 is 14.2 Å². The smallest absolute Gasteiger partial charge is 0.214 e. The number of methoxy groups -OCH3 is 2. The number of benzene rings is 2. The van der Waals surface area contributed by atoms with Crippen molar-refractivity contribution in [2.45, 2.75) is 30.9 Å². The predicted molar refractivity (Wildman–Crippen MR) is 104 cm³/mol. The first kappa shape index (κ1) is 19.0. The summed E-state index contributed by atoms with van der Waals surface area (Å²) in [6, 6.07) is 13.5. The average Bonchev–Trinajstić information content (AvgIpc) is 3.14. The monoisotopic (exact) mass is 386 g/mol. The Labute approximate surface area is 162 Å². The number of tetrazole rings is 1. The largest absolute Gasteiger partial charge is 0.497 e. The standard InChI is InChI=1S/C19H22N4O3S/c1-13(2)26-16-7-5-6-14(10-16)12-27-19-20-21-22-23(19)17-11-15(24-3)8-9-18(17)25-4/h5-11,13H,12H2,1-4H3. The van der Waals surface area contributed by atoms with E-state index < -0.39 is 0 Å². The molecule has 7 nitrogen and oxygen atoms in total. The number of ether oxygens (including phenoxy) is 3. The fourth-order valence-corrected chi connectivity index (χ4v) is 3.34. The summed E-state index contributed by atoms with van der Waals surface area (Å²) in [4.78, 5) is 0. The Morgan fingerprint density at radius 1 is 1.04 bits per heavy atom. The summed E-state index contributed by atoms with van der Waals surface area (Å²) >= 11 is 1.54. The topological polar surface area (TPSA) is 71.3 Å². The van der Waals surface area contributed by atoms with Crippen LogP contribution in [0.4, 0.5) is 0 Å². The Bertz CT molecular complexity index is 898. The molecule has 142 valence electrons. The van der Waals surface area contributed by atoms with Gasteiger partial charge in [0.1, 0.15) is 22.9 Å². The Hall–Kier alpha value is -2.74. The molecule has 0 aliphatic rings. The van der Waals surface area contributed by atoms with Gasteiger partial charge in [-0.2, -0.15) is 4.68 Å². The van der Waals surface area contributed by atoms with Gasteiger partial charge in [-0.05, 0) is 54.1 Å². The fourth-order valence-electron chi connectivity index (χ4n) is 2.51. The molecule has 1 heterocycles. The SMILES string of the molecule is COc1ccc(OC)c(-n2nnnc2SCc2cccc(OC(C)C)c2)c1. The normalized spacial score (nSPS) is 10.9. The van der Waals surface area contributed by atoms with E-state index in [9.17, 15) is 0 Å². The molecular formula is C19H22N4O3S. The van der Waals surface area contributed by atoms with E-state index in [1.54, 1.807) is 18.9 Å². The van der Waals surface area contributed by atoms with E-state index in [2.05, 4.69) is 21.6 Å². The molecule has 2 aromatic carbocycles. The minimum absolute atomic E-state index is 0.140. The molecule has 0 unspecified atom stereocenters. The van der Waals surface area contributed by atoms with Crippen LogP contribution in [-0.4, -0.2) is 40.5 Å². The number of rotatable bonds is 8. The Morgan fingerprint density at radius 3 is 2.63 bits per heavy atom. The van der Waals surface area contributed by atoms with Crippen molar-refractivity contribution in [3.8, 4) is 22.9 Å². The van der Waals surface area contributed by atoms with Crippen molar-refractivity contribution < 1.29 is 14.2 Å². The van der Waals surface area contributed by atoms with E-state index in [1.807, 2.05) is 50.2 Å². The molecule has 0 fully saturated rings. The average molecular weight is 386 g/mol. The summed E-state index contributed by atoms with van der Waals surface area (Å²) in [6.07, 6.45) is 0.140. The molecule has 1 aromatic heterocycles. The molecule has 3 rings (SSSR count). The van der Waals surface area contributed by atoms with Gasteiger partial charge in [0.25, 0.3) is 0 Å². The lowest BCUT2D eigenvalue weighted by molar-refractivity contribution is 0.242. The highest BCUT2D eigenvalue weighted by atomic mass is 32.2. The highest BCUT2D eigenvalue weighted by Crippen LogP contribution is 2.31.